The number of ether oxygens (including phenoxy) is 1. The smallest absolute Gasteiger partial charge is 0.354 e. The molecule has 0 N–H and O–H groups in total. The Balaban J connectivity index is 2.57. The van der Waals surface area contributed by atoms with E-state index < -0.39 is 18.9 Å². The summed E-state index contributed by atoms with van der Waals surface area (Å²) in [5.74, 6) is -0.542. The second-order valence-corrected chi connectivity index (χ2v) is 3.43. The van der Waals surface area contributed by atoms with Gasteiger partial charge in [0.15, 0.2) is 0 Å². The van der Waals surface area contributed by atoms with E-state index in [1.165, 1.54) is 16.8 Å². The lowest BCUT2D eigenvalue weighted by Crippen LogP contribution is -2.15. The molecule has 90 valence electrons. The Morgan fingerprint density at radius 3 is 2.94 bits per heavy atom. The maximum Gasteiger partial charge on any atom is 0.354 e. The Labute approximate surface area is 93.0 Å². The largest absolute Gasteiger partial charge is 0.461 e. The number of unbranched alkanes of at least 4 members (excludes halogenated alkanes) is 1. The maximum atomic E-state index is 12.2. The zero-order chi connectivity index (χ0) is 12.0. The first-order valence-corrected chi connectivity index (χ1v) is 5.25. The van der Waals surface area contributed by atoms with E-state index >= 15 is 0 Å². The predicted octanol–water partition coefficient (Wildman–Crippen LogP) is 2.71. The monoisotopic (exact) mass is 231 g/mol. The van der Waals surface area contributed by atoms with Crippen LogP contribution in [0.1, 0.15) is 30.3 Å². The van der Waals surface area contributed by atoms with Crippen molar-refractivity contribution in [3.8, 4) is 0 Å². The van der Waals surface area contributed by atoms with Crippen LogP contribution in [0.3, 0.4) is 0 Å². The topological polar surface area (TPSA) is 31.2 Å². The van der Waals surface area contributed by atoms with Gasteiger partial charge in [0.2, 0.25) is 0 Å². The third kappa shape index (κ3) is 3.64. The molecule has 0 aliphatic heterocycles. The minimum atomic E-state index is -2.48. The summed E-state index contributed by atoms with van der Waals surface area (Å²) in [4.78, 5) is 11.5. The van der Waals surface area contributed by atoms with Gasteiger partial charge in [0.05, 0.1) is 13.2 Å². The van der Waals surface area contributed by atoms with Crippen molar-refractivity contribution in [2.24, 2.45) is 0 Å². The summed E-state index contributed by atoms with van der Waals surface area (Å²) in [5, 5.41) is 0. The molecule has 0 amide bonds. The van der Waals surface area contributed by atoms with E-state index in [9.17, 15) is 13.6 Å². The van der Waals surface area contributed by atoms with E-state index in [1.807, 2.05) is 6.92 Å². The average molecular weight is 231 g/mol. The molecule has 0 radical (unpaired) electrons. The van der Waals surface area contributed by atoms with Gasteiger partial charge in [-0.25, -0.2) is 13.6 Å². The quantitative estimate of drug-likeness (QED) is 0.556. The molecular weight excluding hydrogens is 216 g/mol. The van der Waals surface area contributed by atoms with Crippen LogP contribution >= 0.6 is 0 Å². The van der Waals surface area contributed by atoms with Crippen LogP contribution in [0, 0.1) is 0 Å². The minimum absolute atomic E-state index is 0.177. The van der Waals surface area contributed by atoms with Gasteiger partial charge in [-0.05, 0) is 18.6 Å². The average Bonchev–Trinajstić information content (AvgIpc) is 2.65. The molecule has 0 spiro atoms. The zero-order valence-electron chi connectivity index (χ0n) is 9.16. The third-order valence-electron chi connectivity index (χ3n) is 2.10. The number of carbonyl (C=O) groups excluding carboxylic acids is 1. The van der Waals surface area contributed by atoms with Crippen molar-refractivity contribution < 1.29 is 18.3 Å². The van der Waals surface area contributed by atoms with Crippen molar-refractivity contribution in [1.82, 2.24) is 4.57 Å². The SMILES string of the molecule is CCCCOC(=O)c1cccn1CC(F)F. The van der Waals surface area contributed by atoms with Crippen molar-refractivity contribution in [3.05, 3.63) is 24.0 Å². The van der Waals surface area contributed by atoms with Crippen LogP contribution in [0.5, 0.6) is 0 Å². The molecular formula is C11H15F2NO2. The first kappa shape index (κ1) is 12.7. The lowest BCUT2D eigenvalue weighted by molar-refractivity contribution is 0.0480. The fraction of sp³-hybridized carbons (Fsp3) is 0.545. The highest BCUT2D eigenvalue weighted by Crippen LogP contribution is 2.08. The van der Waals surface area contributed by atoms with Gasteiger partial charge in [-0.3, -0.25) is 0 Å². The van der Waals surface area contributed by atoms with Crippen LogP contribution in [0.15, 0.2) is 18.3 Å². The Bertz CT molecular complexity index is 336. The highest BCUT2D eigenvalue weighted by Gasteiger charge is 2.14. The molecule has 0 bridgehead atoms. The normalized spacial score (nSPS) is 10.8. The molecule has 0 atom stereocenters. The van der Waals surface area contributed by atoms with E-state index in [-0.39, 0.29) is 5.69 Å². The molecule has 0 aliphatic carbocycles. The van der Waals surface area contributed by atoms with E-state index in [0.29, 0.717) is 6.61 Å². The summed E-state index contributed by atoms with van der Waals surface area (Å²) in [7, 11) is 0. The summed E-state index contributed by atoms with van der Waals surface area (Å²) in [6.07, 6.45) is 0.671. The standard InChI is InChI=1S/C11H15F2NO2/c1-2-3-7-16-11(15)9-5-4-6-14(9)8-10(12)13/h4-6,10H,2-3,7-8H2,1H3. The molecule has 0 saturated carbocycles. The number of hydrogen-bond acceptors (Lipinski definition) is 2. The van der Waals surface area contributed by atoms with Crippen molar-refractivity contribution >= 4 is 5.97 Å². The summed E-state index contributed by atoms with van der Waals surface area (Å²) < 4.78 is 30.5. The zero-order valence-corrected chi connectivity index (χ0v) is 9.16. The highest BCUT2D eigenvalue weighted by molar-refractivity contribution is 5.87. The second kappa shape index (κ2) is 6.25. The number of nitrogens with zero attached hydrogens (tertiary/aromatic N) is 1. The number of alkyl halides is 2. The summed E-state index contributed by atoms with van der Waals surface area (Å²) in [6, 6.07) is 3.04. The van der Waals surface area contributed by atoms with E-state index in [4.69, 9.17) is 4.74 Å². The Kier molecular flexibility index (Phi) is 4.95. The van der Waals surface area contributed by atoms with Gasteiger partial charge in [-0.1, -0.05) is 13.3 Å². The molecule has 3 nitrogen and oxygen atoms in total. The van der Waals surface area contributed by atoms with E-state index in [0.717, 1.165) is 12.8 Å². The fourth-order valence-electron chi connectivity index (χ4n) is 1.29. The molecule has 0 saturated heterocycles. The van der Waals surface area contributed by atoms with E-state index in [2.05, 4.69) is 0 Å². The van der Waals surface area contributed by atoms with E-state index in [1.54, 1.807) is 6.07 Å². The van der Waals surface area contributed by atoms with Gasteiger partial charge in [0.1, 0.15) is 5.69 Å². The van der Waals surface area contributed by atoms with Gasteiger partial charge in [0.25, 0.3) is 6.43 Å². The first-order valence-electron chi connectivity index (χ1n) is 5.25. The second-order valence-electron chi connectivity index (χ2n) is 3.43. The van der Waals surface area contributed by atoms with Crippen LogP contribution in [-0.2, 0) is 11.3 Å². The van der Waals surface area contributed by atoms with Gasteiger partial charge >= 0.3 is 5.97 Å². The molecule has 0 fully saturated rings. The van der Waals surface area contributed by atoms with Crippen LogP contribution < -0.4 is 0 Å². The maximum absolute atomic E-state index is 12.2. The van der Waals surface area contributed by atoms with Crippen molar-refractivity contribution in [3.63, 3.8) is 0 Å². The highest BCUT2D eigenvalue weighted by atomic mass is 19.3. The van der Waals surface area contributed by atoms with Crippen molar-refractivity contribution in [1.29, 1.82) is 0 Å². The predicted molar refractivity (Wildman–Crippen MR) is 55.6 cm³/mol. The summed E-state index contributed by atoms with van der Waals surface area (Å²) in [6.45, 7) is 1.83. The van der Waals surface area contributed by atoms with Gasteiger partial charge < -0.3 is 9.30 Å². The Morgan fingerprint density at radius 1 is 1.56 bits per heavy atom. The number of rotatable bonds is 6. The molecule has 0 aromatic carbocycles. The molecule has 0 aliphatic rings. The third-order valence-corrected chi connectivity index (χ3v) is 2.10. The number of aromatic nitrogens is 1. The number of hydrogen-bond donors (Lipinski definition) is 0. The molecule has 1 aromatic heterocycles. The first-order chi connectivity index (χ1) is 7.65. The number of esters is 1. The Morgan fingerprint density at radius 2 is 2.31 bits per heavy atom. The van der Waals surface area contributed by atoms with Gasteiger partial charge in [-0.15, -0.1) is 0 Å². The number of halogens is 2. The number of carbonyl (C=O) groups is 1. The van der Waals surface area contributed by atoms with Gasteiger partial charge in [-0.2, -0.15) is 0 Å². The lowest BCUT2D eigenvalue weighted by Gasteiger charge is -2.08. The molecule has 5 heteroatoms. The Hall–Kier alpha value is -1.39. The van der Waals surface area contributed by atoms with Gasteiger partial charge in [0, 0.05) is 6.20 Å². The summed E-state index contributed by atoms with van der Waals surface area (Å²) in [5.41, 5.74) is 0.177. The lowest BCUT2D eigenvalue weighted by atomic mass is 10.3. The van der Waals surface area contributed by atoms with Crippen molar-refractivity contribution in [2.75, 3.05) is 6.61 Å². The van der Waals surface area contributed by atoms with Crippen LogP contribution in [0.4, 0.5) is 8.78 Å². The van der Waals surface area contributed by atoms with Crippen LogP contribution in [0.25, 0.3) is 0 Å². The molecule has 1 heterocycles. The molecule has 0 unspecified atom stereocenters. The molecule has 16 heavy (non-hydrogen) atoms. The molecule has 1 aromatic rings. The fourth-order valence-corrected chi connectivity index (χ4v) is 1.29. The summed E-state index contributed by atoms with van der Waals surface area (Å²) >= 11 is 0. The minimum Gasteiger partial charge on any atom is -0.461 e. The van der Waals surface area contributed by atoms with Crippen LogP contribution in [0.2, 0.25) is 0 Å². The van der Waals surface area contributed by atoms with Crippen LogP contribution in [-0.4, -0.2) is 23.6 Å². The molecule has 1 rings (SSSR count). The van der Waals surface area contributed by atoms with Crippen molar-refractivity contribution in [2.45, 2.75) is 32.7 Å².